The topological polar surface area (TPSA) is 54.6 Å². The van der Waals surface area contributed by atoms with Crippen LogP contribution in [0.2, 0.25) is 5.15 Å². The number of rotatable bonds is 2. The summed E-state index contributed by atoms with van der Waals surface area (Å²) in [6.07, 6.45) is -3.61. The predicted molar refractivity (Wildman–Crippen MR) is 77.6 cm³/mol. The fraction of sp³-hybridized carbons (Fsp3) is 0.0667. The fourth-order valence-corrected chi connectivity index (χ4v) is 2.54. The van der Waals surface area contributed by atoms with Gasteiger partial charge >= 0.3 is 12.1 Å². The maximum absolute atomic E-state index is 13.3. The van der Waals surface area contributed by atoms with Gasteiger partial charge in [-0.25, -0.2) is 14.2 Å². The van der Waals surface area contributed by atoms with Crippen molar-refractivity contribution in [1.82, 2.24) is 9.38 Å². The average molecular weight is 359 g/mol. The molecular formula is C15H7ClF4N2O2. The third kappa shape index (κ3) is 2.69. The minimum absolute atomic E-state index is 0.0190. The van der Waals surface area contributed by atoms with Crippen molar-refractivity contribution in [2.75, 3.05) is 0 Å². The smallest absolute Gasteiger partial charge is 0.420 e. The van der Waals surface area contributed by atoms with Crippen molar-refractivity contribution in [2.24, 2.45) is 0 Å². The molecule has 9 heteroatoms. The number of carbonyl (C=O) groups is 1. The third-order valence-electron chi connectivity index (χ3n) is 3.33. The van der Waals surface area contributed by atoms with Gasteiger partial charge in [-0.15, -0.1) is 0 Å². The summed E-state index contributed by atoms with van der Waals surface area (Å²) < 4.78 is 54.1. The molecule has 3 aromatic rings. The quantitative estimate of drug-likeness (QED) is 0.686. The van der Waals surface area contributed by atoms with Crippen LogP contribution in [0, 0.1) is 5.82 Å². The van der Waals surface area contributed by atoms with E-state index in [2.05, 4.69) is 4.98 Å². The molecule has 124 valence electrons. The average Bonchev–Trinajstić information content (AvgIpc) is 2.83. The highest BCUT2D eigenvalue weighted by molar-refractivity contribution is 6.32. The number of hydrogen-bond acceptors (Lipinski definition) is 2. The molecule has 0 aliphatic heterocycles. The van der Waals surface area contributed by atoms with Gasteiger partial charge in [-0.05, 0) is 29.3 Å². The highest BCUT2D eigenvalue weighted by atomic mass is 35.5. The predicted octanol–water partition coefficient (Wildman–Crippen LogP) is 4.51. The molecule has 0 amide bonds. The van der Waals surface area contributed by atoms with Crippen LogP contribution in [0.5, 0.6) is 0 Å². The molecule has 0 bridgehead atoms. The molecule has 0 aliphatic rings. The molecule has 0 radical (unpaired) electrons. The van der Waals surface area contributed by atoms with Crippen molar-refractivity contribution in [3.63, 3.8) is 0 Å². The second kappa shape index (κ2) is 5.48. The van der Waals surface area contributed by atoms with E-state index in [4.69, 9.17) is 16.7 Å². The molecule has 0 saturated heterocycles. The lowest BCUT2D eigenvalue weighted by molar-refractivity contribution is -0.136. The van der Waals surface area contributed by atoms with E-state index in [0.29, 0.717) is 0 Å². The number of pyridine rings is 1. The molecule has 0 aliphatic carbocycles. The molecule has 2 aromatic heterocycles. The SMILES string of the molecule is O=C(O)c1nc2c(C(F)(F)F)cc(-c3cccc(F)c3)cn2c1Cl. The summed E-state index contributed by atoms with van der Waals surface area (Å²) in [5, 5.41) is 8.52. The van der Waals surface area contributed by atoms with Gasteiger partial charge in [0.2, 0.25) is 0 Å². The van der Waals surface area contributed by atoms with Crippen molar-refractivity contribution in [1.29, 1.82) is 0 Å². The standard InChI is InChI=1S/C15H7ClF4N2O2/c16-12-11(14(23)24)21-13-10(15(18,19)20)5-8(6-22(12)13)7-2-1-3-9(17)4-7/h1-6H,(H,23,24). The highest BCUT2D eigenvalue weighted by Gasteiger charge is 2.36. The number of fused-ring (bicyclic) bond motifs is 1. The molecule has 1 N–H and O–H groups in total. The minimum atomic E-state index is -4.80. The van der Waals surface area contributed by atoms with Crippen LogP contribution in [0.1, 0.15) is 16.1 Å². The fourth-order valence-electron chi connectivity index (χ4n) is 2.29. The van der Waals surface area contributed by atoms with Gasteiger partial charge in [-0.2, -0.15) is 13.2 Å². The van der Waals surface area contributed by atoms with Crippen LogP contribution >= 0.6 is 11.6 Å². The molecule has 4 nitrogen and oxygen atoms in total. The molecular weight excluding hydrogens is 352 g/mol. The van der Waals surface area contributed by atoms with Crippen molar-refractivity contribution in [3.05, 3.63) is 58.8 Å². The van der Waals surface area contributed by atoms with Crippen LogP contribution in [0.4, 0.5) is 17.6 Å². The zero-order chi connectivity index (χ0) is 17.6. The lowest BCUT2D eigenvalue weighted by Gasteiger charge is -2.11. The van der Waals surface area contributed by atoms with Gasteiger partial charge in [-0.3, -0.25) is 4.40 Å². The van der Waals surface area contributed by atoms with Crippen LogP contribution in [0.3, 0.4) is 0 Å². The number of aromatic nitrogens is 2. The minimum Gasteiger partial charge on any atom is -0.476 e. The second-order valence-corrected chi connectivity index (χ2v) is 5.26. The molecule has 0 saturated carbocycles. The summed E-state index contributed by atoms with van der Waals surface area (Å²) in [5.41, 5.74) is -2.29. The molecule has 2 heterocycles. The van der Waals surface area contributed by atoms with E-state index in [1.165, 1.54) is 18.3 Å². The van der Waals surface area contributed by atoms with Crippen LogP contribution in [-0.4, -0.2) is 20.5 Å². The van der Waals surface area contributed by atoms with Gasteiger partial charge in [0, 0.05) is 6.20 Å². The van der Waals surface area contributed by atoms with Crippen molar-refractivity contribution in [3.8, 4) is 11.1 Å². The highest BCUT2D eigenvalue weighted by Crippen LogP contribution is 2.37. The molecule has 0 spiro atoms. The lowest BCUT2D eigenvalue weighted by atomic mass is 10.1. The first-order valence-electron chi connectivity index (χ1n) is 6.46. The van der Waals surface area contributed by atoms with Gasteiger partial charge < -0.3 is 5.11 Å². The van der Waals surface area contributed by atoms with E-state index in [-0.39, 0.29) is 11.1 Å². The van der Waals surface area contributed by atoms with E-state index in [9.17, 15) is 22.4 Å². The largest absolute Gasteiger partial charge is 0.476 e. The van der Waals surface area contributed by atoms with E-state index >= 15 is 0 Å². The first-order chi connectivity index (χ1) is 11.2. The zero-order valence-corrected chi connectivity index (χ0v) is 12.4. The zero-order valence-electron chi connectivity index (χ0n) is 11.6. The van der Waals surface area contributed by atoms with Crippen LogP contribution in [0.25, 0.3) is 16.8 Å². The number of hydrogen-bond donors (Lipinski definition) is 1. The van der Waals surface area contributed by atoms with Crippen LogP contribution in [0.15, 0.2) is 36.5 Å². The molecule has 0 atom stereocenters. The number of alkyl halides is 3. The van der Waals surface area contributed by atoms with Gasteiger partial charge in [-0.1, -0.05) is 23.7 Å². The third-order valence-corrected chi connectivity index (χ3v) is 3.69. The number of carboxylic acids is 1. The number of halogens is 5. The Bertz CT molecular complexity index is 966. The van der Waals surface area contributed by atoms with Crippen molar-refractivity contribution < 1.29 is 27.5 Å². The molecule has 3 rings (SSSR count). The van der Waals surface area contributed by atoms with E-state index < -0.39 is 40.0 Å². The van der Waals surface area contributed by atoms with E-state index in [1.54, 1.807) is 0 Å². The molecule has 0 unspecified atom stereocenters. The summed E-state index contributed by atoms with van der Waals surface area (Å²) in [4.78, 5) is 14.5. The summed E-state index contributed by atoms with van der Waals surface area (Å²) in [5.74, 6) is -2.17. The van der Waals surface area contributed by atoms with Gasteiger partial charge in [0.25, 0.3) is 0 Å². The van der Waals surface area contributed by atoms with Crippen LogP contribution < -0.4 is 0 Å². The van der Waals surface area contributed by atoms with E-state index in [0.717, 1.165) is 22.6 Å². The summed E-state index contributed by atoms with van der Waals surface area (Å²) in [7, 11) is 0. The maximum Gasteiger partial charge on any atom is 0.420 e. The van der Waals surface area contributed by atoms with E-state index in [1.807, 2.05) is 0 Å². The Labute approximate surface area is 136 Å². The summed E-state index contributed by atoms with van der Waals surface area (Å²) in [6.45, 7) is 0. The first-order valence-corrected chi connectivity index (χ1v) is 6.84. The van der Waals surface area contributed by atoms with Crippen molar-refractivity contribution in [2.45, 2.75) is 6.18 Å². The Kier molecular flexibility index (Phi) is 3.71. The molecule has 24 heavy (non-hydrogen) atoms. The van der Waals surface area contributed by atoms with Crippen LogP contribution in [-0.2, 0) is 6.18 Å². The Morgan fingerprint density at radius 2 is 1.92 bits per heavy atom. The summed E-state index contributed by atoms with van der Waals surface area (Å²) in [6, 6.07) is 5.76. The Hall–Kier alpha value is -2.61. The molecule has 1 aromatic carbocycles. The maximum atomic E-state index is 13.3. The first kappa shape index (κ1) is 16.3. The summed E-state index contributed by atoms with van der Waals surface area (Å²) >= 11 is 5.84. The lowest BCUT2D eigenvalue weighted by Crippen LogP contribution is -2.08. The van der Waals surface area contributed by atoms with Crippen molar-refractivity contribution >= 4 is 23.2 Å². The second-order valence-electron chi connectivity index (χ2n) is 4.90. The Morgan fingerprint density at radius 3 is 2.50 bits per heavy atom. The monoisotopic (exact) mass is 358 g/mol. The number of aromatic carboxylic acids is 1. The Morgan fingerprint density at radius 1 is 1.21 bits per heavy atom. The normalized spacial score (nSPS) is 11.9. The number of nitrogens with zero attached hydrogens (tertiary/aromatic N) is 2. The molecule has 0 fully saturated rings. The van der Waals surface area contributed by atoms with Gasteiger partial charge in [0.1, 0.15) is 11.0 Å². The van der Waals surface area contributed by atoms with Gasteiger partial charge in [0.05, 0.1) is 5.56 Å². The number of imidazole rings is 1. The van der Waals surface area contributed by atoms with Gasteiger partial charge in [0.15, 0.2) is 11.3 Å². The Balaban J connectivity index is 2.38. The number of benzene rings is 1. The number of carboxylic acid groups (broad SMARTS) is 1.